The fraction of sp³-hybridized carbons (Fsp3) is 0.0217. The summed E-state index contributed by atoms with van der Waals surface area (Å²) in [5.41, 5.74) is 14.4. The summed E-state index contributed by atoms with van der Waals surface area (Å²) in [6.07, 6.45) is 6.56. The zero-order chi connectivity index (χ0) is 32.7. The van der Waals surface area contributed by atoms with Crippen LogP contribution in [0.2, 0.25) is 0 Å². The minimum atomic E-state index is 0.958. The van der Waals surface area contributed by atoms with E-state index in [1.54, 1.807) is 0 Å². The van der Waals surface area contributed by atoms with E-state index in [1.165, 1.54) is 16.7 Å². The van der Waals surface area contributed by atoms with Gasteiger partial charge in [-0.3, -0.25) is 0 Å². The SMILES string of the molecule is C/C1=C\C=C/c2cccc(c2)-c2ccccc2N1c1c(-c2ccccc2)n2nc(-c3ccccc3)c(-c3ccccc3)c2c2ccccc12. The Kier molecular flexibility index (Phi) is 7.02. The molecule has 0 N–H and O–H groups in total. The Morgan fingerprint density at radius 2 is 1.14 bits per heavy atom. The molecule has 3 heteroatoms. The van der Waals surface area contributed by atoms with Gasteiger partial charge in [0.25, 0.3) is 0 Å². The molecule has 49 heavy (non-hydrogen) atoms. The van der Waals surface area contributed by atoms with Crippen LogP contribution in [-0.2, 0) is 0 Å². The maximum atomic E-state index is 5.57. The molecule has 0 saturated heterocycles. The Bertz CT molecular complexity index is 2540. The average Bonchev–Trinajstić information content (AvgIpc) is 3.57. The van der Waals surface area contributed by atoms with E-state index in [9.17, 15) is 0 Å². The highest BCUT2D eigenvalue weighted by Gasteiger charge is 2.29. The van der Waals surface area contributed by atoms with Crippen LogP contribution < -0.4 is 4.90 Å². The van der Waals surface area contributed by atoms with Crippen LogP contribution in [-0.4, -0.2) is 9.61 Å². The number of rotatable bonds is 4. The van der Waals surface area contributed by atoms with E-state index in [-0.39, 0.29) is 0 Å². The second-order valence-corrected chi connectivity index (χ2v) is 12.5. The lowest BCUT2D eigenvalue weighted by molar-refractivity contribution is 0.972. The van der Waals surface area contributed by atoms with Crippen LogP contribution in [0, 0.1) is 0 Å². The Morgan fingerprint density at radius 3 is 1.90 bits per heavy atom. The number of para-hydroxylation sites is 1. The van der Waals surface area contributed by atoms with Crippen molar-refractivity contribution in [2.45, 2.75) is 6.92 Å². The van der Waals surface area contributed by atoms with Gasteiger partial charge >= 0.3 is 0 Å². The van der Waals surface area contributed by atoms with Gasteiger partial charge in [-0.25, -0.2) is 4.52 Å². The molecule has 2 bridgehead atoms. The third kappa shape index (κ3) is 4.87. The third-order valence-corrected chi connectivity index (χ3v) is 9.46. The van der Waals surface area contributed by atoms with Gasteiger partial charge in [0, 0.05) is 38.7 Å². The fourth-order valence-electron chi connectivity index (χ4n) is 7.29. The lowest BCUT2D eigenvalue weighted by atomic mass is 9.94. The Hall–Kier alpha value is -6.45. The van der Waals surface area contributed by atoms with Crippen LogP contribution in [0.25, 0.3) is 67.1 Å². The molecule has 0 aliphatic carbocycles. The lowest BCUT2D eigenvalue weighted by Gasteiger charge is -2.32. The molecule has 0 saturated carbocycles. The van der Waals surface area contributed by atoms with E-state index in [2.05, 4.69) is 198 Å². The molecule has 0 amide bonds. The number of fused-ring (bicyclic) bond motifs is 7. The molecule has 0 radical (unpaired) electrons. The number of pyridine rings is 1. The quantitative estimate of drug-likeness (QED) is 0.193. The minimum Gasteiger partial charge on any atom is -0.311 e. The van der Waals surface area contributed by atoms with Crippen molar-refractivity contribution in [2.24, 2.45) is 0 Å². The van der Waals surface area contributed by atoms with Gasteiger partial charge in [0.15, 0.2) is 0 Å². The number of nitrogens with zero attached hydrogens (tertiary/aromatic N) is 3. The van der Waals surface area contributed by atoms with E-state index in [0.717, 1.165) is 67.0 Å². The van der Waals surface area contributed by atoms with Gasteiger partial charge in [0.2, 0.25) is 0 Å². The first-order valence-electron chi connectivity index (χ1n) is 16.7. The largest absolute Gasteiger partial charge is 0.311 e. The van der Waals surface area contributed by atoms with Crippen molar-refractivity contribution in [3.8, 4) is 44.8 Å². The first kappa shape index (κ1) is 28.7. The molecule has 1 aliphatic rings. The topological polar surface area (TPSA) is 20.5 Å². The number of benzene rings is 6. The second kappa shape index (κ2) is 12.0. The first-order chi connectivity index (χ1) is 24.3. The molecule has 232 valence electrons. The zero-order valence-electron chi connectivity index (χ0n) is 27.2. The van der Waals surface area contributed by atoms with Gasteiger partial charge in [-0.2, -0.15) is 5.10 Å². The summed E-state index contributed by atoms with van der Waals surface area (Å²) >= 11 is 0. The molecule has 0 atom stereocenters. The molecular formula is C46H33N3. The summed E-state index contributed by atoms with van der Waals surface area (Å²) in [4.78, 5) is 2.44. The van der Waals surface area contributed by atoms with Gasteiger partial charge < -0.3 is 4.90 Å². The normalized spacial score (nSPS) is 14.3. The summed E-state index contributed by atoms with van der Waals surface area (Å²) in [6, 6.07) is 58.3. The van der Waals surface area contributed by atoms with E-state index in [4.69, 9.17) is 5.10 Å². The molecule has 3 nitrogen and oxygen atoms in total. The number of anilines is 2. The molecule has 2 aromatic heterocycles. The van der Waals surface area contributed by atoms with Crippen molar-refractivity contribution in [2.75, 3.05) is 4.90 Å². The maximum absolute atomic E-state index is 5.57. The van der Waals surface area contributed by atoms with E-state index in [0.29, 0.717) is 0 Å². The summed E-state index contributed by atoms with van der Waals surface area (Å²) in [7, 11) is 0. The Morgan fingerprint density at radius 1 is 0.531 bits per heavy atom. The van der Waals surface area contributed by atoms with E-state index in [1.807, 2.05) is 0 Å². The Balaban J connectivity index is 1.49. The molecule has 0 unspecified atom stereocenters. The van der Waals surface area contributed by atoms with Crippen LogP contribution in [0.4, 0.5) is 11.4 Å². The number of allylic oxidation sites excluding steroid dienone is 3. The highest BCUT2D eigenvalue weighted by Crippen LogP contribution is 2.49. The van der Waals surface area contributed by atoms with Gasteiger partial charge in [-0.1, -0.05) is 164 Å². The van der Waals surface area contributed by atoms with Gasteiger partial charge in [-0.05, 0) is 41.8 Å². The third-order valence-electron chi connectivity index (χ3n) is 9.46. The molecule has 0 fully saturated rings. The number of aromatic nitrogens is 2. The van der Waals surface area contributed by atoms with Crippen LogP contribution in [0.1, 0.15) is 12.5 Å². The predicted octanol–water partition coefficient (Wildman–Crippen LogP) is 12.2. The summed E-state index contributed by atoms with van der Waals surface area (Å²) in [5.74, 6) is 0. The van der Waals surface area contributed by atoms with Crippen molar-refractivity contribution in [1.82, 2.24) is 9.61 Å². The fourth-order valence-corrected chi connectivity index (χ4v) is 7.29. The van der Waals surface area contributed by atoms with Gasteiger partial charge in [0.1, 0.15) is 5.69 Å². The van der Waals surface area contributed by atoms with Crippen molar-refractivity contribution in [3.05, 3.63) is 187 Å². The zero-order valence-corrected chi connectivity index (χ0v) is 27.2. The summed E-state index contributed by atoms with van der Waals surface area (Å²) in [5, 5.41) is 7.87. The molecule has 1 aliphatic heterocycles. The monoisotopic (exact) mass is 627 g/mol. The standard InChI is InChI=1S/C46H33N3/c1-32-17-15-18-33-19-16-26-37(31-33)38-27-13-14-30-41(38)48(32)46-40-29-12-11-28-39(40)45-42(34-20-5-2-6-21-34)43(35-22-7-3-8-23-35)47-49(45)44(46)36-24-9-4-10-25-36/h2-31H,1H3/b18-15-,32-17+. The minimum absolute atomic E-state index is 0.958. The van der Waals surface area contributed by atoms with E-state index >= 15 is 0 Å². The van der Waals surface area contributed by atoms with Crippen molar-refractivity contribution >= 4 is 33.7 Å². The van der Waals surface area contributed by atoms with Crippen LogP contribution in [0.15, 0.2) is 182 Å². The van der Waals surface area contributed by atoms with Crippen LogP contribution in [0.5, 0.6) is 0 Å². The van der Waals surface area contributed by atoms with Crippen molar-refractivity contribution in [3.63, 3.8) is 0 Å². The summed E-state index contributed by atoms with van der Waals surface area (Å²) < 4.78 is 2.21. The highest BCUT2D eigenvalue weighted by molar-refractivity contribution is 6.15. The average molecular weight is 628 g/mol. The van der Waals surface area contributed by atoms with Crippen LogP contribution >= 0.6 is 0 Å². The Labute approximate surface area is 286 Å². The molecule has 3 heterocycles. The molecule has 9 rings (SSSR count). The van der Waals surface area contributed by atoms with Crippen molar-refractivity contribution < 1.29 is 0 Å². The number of hydrogen-bond acceptors (Lipinski definition) is 2. The molecular weight excluding hydrogens is 595 g/mol. The van der Waals surface area contributed by atoms with Crippen molar-refractivity contribution in [1.29, 1.82) is 0 Å². The maximum Gasteiger partial charge on any atom is 0.101 e. The lowest BCUT2D eigenvalue weighted by Crippen LogP contribution is -2.18. The summed E-state index contributed by atoms with van der Waals surface area (Å²) in [6.45, 7) is 2.21. The predicted molar refractivity (Wildman–Crippen MR) is 206 cm³/mol. The smallest absolute Gasteiger partial charge is 0.101 e. The van der Waals surface area contributed by atoms with Crippen LogP contribution in [0.3, 0.4) is 0 Å². The van der Waals surface area contributed by atoms with E-state index < -0.39 is 0 Å². The van der Waals surface area contributed by atoms with Gasteiger partial charge in [0.05, 0.1) is 22.6 Å². The first-order valence-corrected chi connectivity index (χ1v) is 16.7. The molecule has 8 aromatic rings. The molecule has 0 spiro atoms. The van der Waals surface area contributed by atoms with Gasteiger partial charge in [-0.15, -0.1) is 0 Å². The second-order valence-electron chi connectivity index (χ2n) is 12.5. The number of hydrogen-bond donors (Lipinski definition) is 0. The molecule has 6 aromatic carbocycles. The highest BCUT2D eigenvalue weighted by atomic mass is 15.3.